The zero-order chi connectivity index (χ0) is 22.4. The van der Waals surface area contributed by atoms with Gasteiger partial charge < -0.3 is 10.1 Å². The number of imidazole rings is 1. The Bertz CT molecular complexity index is 1620. The molecule has 10 heteroatoms. The fraction of sp³-hybridized carbons (Fsp3) is 0.136. The highest BCUT2D eigenvalue weighted by Gasteiger charge is 2.18. The monoisotopic (exact) mass is 429 g/mol. The first-order valence-electron chi connectivity index (χ1n) is 9.89. The number of benzene rings is 2. The Morgan fingerprint density at radius 1 is 1.03 bits per heavy atom. The second-order valence-electron chi connectivity index (χ2n) is 7.54. The Hall–Kier alpha value is -4.47. The van der Waals surface area contributed by atoms with Gasteiger partial charge in [-0.2, -0.15) is 4.98 Å². The van der Waals surface area contributed by atoms with Gasteiger partial charge in [-0.3, -0.25) is 18.9 Å². The Morgan fingerprint density at radius 3 is 2.56 bits per heavy atom. The molecule has 0 bridgehead atoms. The number of aromatic hydroxyl groups is 1. The number of para-hydroxylation sites is 1. The quantitative estimate of drug-likeness (QED) is 0.378. The number of aromatic nitrogens is 5. The fourth-order valence-electron chi connectivity index (χ4n) is 3.63. The van der Waals surface area contributed by atoms with Gasteiger partial charge >= 0.3 is 5.69 Å². The van der Waals surface area contributed by atoms with E-state index in [1.165, 1.54) is 11.6 Å². The summed E-state index contributed by atoms with van der Waals surface area (Å²) >= 11 is 0. The summed E-state index contributed by atoms with van der Waals surface area (Å²) in [5.41, 5.74) is 2.30. The third-order valence-electron chi connectivity index (χ3n) is 5.35. The number of nitrogens with one attached hydrogen (secondary N) is 2. The molecule has 3 N–H and O–H groups in total. The van der Waals surface area contributed by atoms with Crippen molar-refractivity contribution >= 4 is 33.7 Å². The van der Waals surface area contributed by atoms with Gasteiger partial charge in [-0.25, -0.2) is 4.79 Å². The number of azo groups is 1. The van der Waals surface area contributed by atoms with Crippen molar-refractivity contribution < 1.29 is 5.11 Å². The Kier molecular flexibility index (Phi) is 4.47. The highest BCUT2D eigenvalue weighted by atomic mass is 16.3. The molecule has 5 rings (SSSR count). The van der Waals surface area contributed by atoms with Gasteiger partial charge in [0.05, 0.1) is 12.1 Å². The molecule has 10 nitrogen and oxygen atoms in total. The van der Waals surface area contributed by atoms with Crippen LogP contribution in [0, 0.1) is 6.92 Å². The van der Waals surface area contributed by atoms with Crippen molar-refractivity contribution in [3.63, 3.8) is 0 Å². The van der Waals surface area contributed by atoms with Crippen molar-refractivity contribution in [3.05, 3.63) is 80.5 Å². The van der Waals surface area contributed by atoms with E-state index in [0.29, 0.717) is 17.4 Å². The van der Waals surface area contributed by atoms with Gasteiger partial charge in [-0.05, 0) is 18.6 Å². The molecule has 0 fully saturated rings. The number of rotatable bonds is 4. The molecular weight excluding hydrogens is 410 g/mol. The number of hydrogen-bond acceptors (Lipinski definition) is 6. The molecule has 0 radical (unpaired) electrons. The van der Waals surface area contributed by atoms with E-state index in [2.05, 4.69) is 25.2 Å². The van der Waals surface area contributed by atoms with Crippen molar-refractivity contribution in [2.75, 3.05) is 0 Å². The number of fused-ring (bicyclic) bond motifs is 2. The first kappa shape index (κ1) is 19.5. The van der Waals surface area contributed by atoms with Crippen LogP contribution in [0.1, 0.15) is 11.1 Å². The average Bonchev–Trinajstić information content (AvgIpc) is 3.29. The predicted octanol–water partition coefficient (Wildman–Crippen LogP) is 3.38. The van der Waals surface area contributed by atoms with Gasteiger partial charge in [0.2, 0.25) is 5.88 Å². The third-order valence-corrected chi connectivity index (χ3v) is 5.35. The third kappa shape index (κ3) is 3.18. The maximum Gasteiger partial charge on any atom is 0.329 e. The predicted molar refractivity (Wildman–Crippen MR) is 120 cm³/mol. The molecule has 0 aliphatic rings. The van der Waals surface area contributed by atoms with E-state index >= 15 is 0 Å². The van der Waals surface area contributed by atoms with Crippen LogP contribution in [0.15, 0.2) is 68.3 Å². The van der Waals surface area contributed by atoms with Crippen molar-refractivity contribution in [3.8, 4) is 5.88 Å². The molecule has 5 aromatic rings. The topological polar surface area (TPSA) is 133 Å². The molecule has 0 unspecified atom stereocenters. The van der Waals surface area contributed by atoms with Crippen LogP contribution in [-0.2, 0) is 13.6 Å². The van der Waals surface area contributed by atoms with Crippen molar-refractivity contribution in [1.82, 2.24) is 24.1 Å². The van der Waals surface area contributed by atoms with Crippen LogP contribution in [0.5, 0.6) is 5.88 Å². The first-order valence-corrected chi connectivity index (χ1v) is 9.89. The number of H-pyrrole nitrogens is 2. The smallest absolute Gasteiger partial charge is 0.329 e. The Balaban J connectivity index is 1.70. The normalized spacial score (nSPS) is 11.8. The summed E-state index contributed by atoms with van der Waals surface area (Å²) in [6.07, 6.45) is 0. The van der Waals surface area contributed by atoms with E-state index in [4.69, 9.17) is 0 Å². The van der Waals surface area contributed by atoms with Crippen LogP contribution in [0.3, 0.4) is 0 Å². The summed E-state index contributed by atoms with van der Waals surface area (Å²) in [5.74, 6) is 0.0124. The first-order chi connectivity index (χ1) is 15.4. The summed E-state index contributed by atoms with van der Waals surface area (Å²) in [5, 5.41) is 19.4. The fourth-order valence-corrected chi connectivity index (χ4v) is 3.63. The lowest BCUT2D eigenvalue weighted by Crippen LogP contribution is -2.29. The summed E-state index contributed by atoms with van der Waals surface area (Å²) in [6.45, 7) is 2.29. The van der Waals surface area contributed by atoms with Crippen LogP contribution in [0.2, 0.25) is 0 Å². The maximum atomic E-state index is 12.6. The second kappa shape index (κ2) is 7.34. The molecule has 0 saturated carbocycles. The van der Waals surface area contributed by atoms with Crippen LogP contribution in [0.4, 0.5) is 11.6 Å². The van der Waals surface area contributed by atoms with E-state index in [-0.39, 0.29) is 28.7 Å². The van der Waals surface area contributed by atoms with E-state index in [1.807, 2.05) is 55.5 Å². The lowest BCUT2D eigenvalue weighted by molar-refractivity contribution is 0.459. The summed E-state index contributed by atoms with van der Waals surface area (Å²) in [6, 6.07) is 15.1. The zero-order valence-corrected chi connectivity index (χ0v) is 17.3. The van der Waals surface area contributed by atoms with E-state index in [0.717, 1.165) is 11.1 Å². The molecule has 0 spiro atoms. The molecule has 0 saturated heterocycles. The average molecular weight is 429 g/mol. The van der Waals surface area contributed by atoms with E-state index in [1.54, 1.807) is 4.57 Å². The van der Waals surface area contributed by atoms with Crippen LogP contribution in [-0.4, -0.2) is 29.2 Å². The van der Waals surface area contributed by atoms with Crippen LogP contribution in [0.25, 0.3) is 22.1 Å². The minimum absolute atomic E-state index is 0.124. The molecule has 160 valence electrons. The van der Waals surface area contributed by atoms with Gasteiger partial charge in [0.15, 0.2) is 16.9 Å². The van der Waals surface area contributed by atoms with Gasteiger partial charge in [0, 0.05) is 12.4 Å². The summed E-state index contributed by atoms with van der Waals surface area (Å²) in [7, 11) is 1.52. The second-order valence-corrected chi connectivity index (χ2v) is 7.54. The minimum Gasteiger partial charge on any atom is -0.493 e. The number of aryl methyl sites for hydroxylation is 2. The highest BCUT2D eigenvalue weighted by molar-refractivity contribution is 5.94. The van der Waals surface area contributed by atoms with Crippen molar-refractivity contribution in [1.29, 1.82) is 0 Å². The van der Waals surface area contributed by atoms with Gasteiger partial charge in [-0.1, -0.05) is 48.0 Å². The van der Waals surface area contributed by atoms with Gasteiger partial charge in [0.1, 0.15) is 0 Å². The molecule has 3 aromatic heterocycles. The zero-order valence-electron chi connectivity index (χ0n) is 17.3. The standard InChI is InChI=1S/C22H19N7O3/c1-12-7-9-13(10-8-12)11-29-17-18(28(2)22(32)25-20(17)31)24-21(29)27-26-16-14-5-3-4-6-15(14)23-19(16)30/h3-10,23,30H,11H2,1-2H3,(H,25,31,32). The molecule has 0 amide bonds. The molecular formula is C22H19N7O3. The minimum atomic E-state index is -0.569. The van der Waals surface area contributed by atoms with Crippen molar-refractivity contribution in [2.24, 2.45) is 17.3 Å². The number of aromatic amines is 2. The van der Waals surface area contributed by atoms with E-state index in [9.17, 15) is 14.7 Å². The molecule has 2 aromatic carbocycles. The number of nitrogens with zero attached hydrogens (tertiary/aromatic N) is 5. The molecule has 3 heterocycles. The molecule has 0 aliphatic carbocycles. The lowest BCUT2D eigenvalue weighted by atomic mass is 10.1. The lowest BCUT2D eigenvalue weighted by Gasteiger charge is -2.06. The maximum absolute atomic E-state index is 12.6. The Morgan fingerprint density at radius 2 is 1.78 bits per heavy atom. The van der Waals surface area contributed by atoms with E-state index < -0.39 is 11.2 Å². The van der Waals surface area contributed by atoms with Crippen LogP contribution >= 0.6 is 0 Å². The van der Waals surface area contributed by atoms with Gasteiger partial charge in [-0.15, -0.1) is 10.2 Å². The summed E-state index contributed by atoms with van der Waals surface area (Å²) in [4.78, 5) is 34.3. The van der Waals surface area contributed by atoms with Crippen molar-refractivity contribution in [2.45, 2.75) is 13.5 Å². The highest BCUT2D eigenvalue weighted by Crippen LogP contribution is 2.36. The molecule has 0 atom stereocenters. The van der Waals surface area contributed by atoms with Gasteiger partial charge in [0.25, 0.3) is 11.5 Å². The van der Waals surface area contributed by atoms with Crippen LogP contribution < -0.4 is 11.2 Å². The molecule has 32 heavy (non-hydrogen) atoms. The largest absolute Gasteiger partial charge is 0.493 e. The molecule has 0 aliphatic heterocycles. The Labute approximate surface area is 180 Å². The SMILES string of the molecule is Cc1ccc(Cn2c(N=Nc3c(O)[nH]c4ccccc34)nc3c2c(=O)[nH]c(=O)n3C)cc1. The number of hydrogen-bond donors (Lipinski definition) is 3. The summed E-state index contributed by atoms with van der Waals surface area (Å²) < 4.78 is 2.86.